The van der Waals surface area contributed by atoms with Gasteiger partial charge in [-0.15, -0.1) is 0 Å². The van der Waals surface area contributed by atoms with Gasteiger partial charge in [0.15, 0.2) is 11.6 Å². The molecular formula is C14H19FO3. The molecule has 1 saturated heterocycles. The molecule has 0 amide bonds. The second-order valence-electron chi connectivity index (χ2n) is 4.67. The van der Waals surface area contributed by atoms with Gasteiger partial charge in [-0.05, 0) is 43.9 Å². The zero-order valence-corrected chi connectivity index (χ0v) is 10.6. The third-order valence-corrected chi connectivity index (χ3v) is 3.14. The highest BCUT2D eigenvalue weighted by Gasteiger charge is 2.15. The van der Waals surface area contributed by atoms with Gasteiger partial charge in [-0.2, -0.15) is 0 Å². The molecule has 1 aliphatic heterocycles. The van der Waals surface area contributed by atoms with E-state index in [0.717, 1.165) is 25.9 Å². The van der Waals surface area contributed by atoms with Crippen LogP contribution in [0.1, 0.15) is 37.9 Å². The average molecular weight is 254 g/mol. The van der Waals surface area contributed by atoms with Gasteiger partial charge in [0.2, 0.25) is 0 Å². The summed E-state index contributed by atoms with van der Waals surface area (Å²) in [5, 5.41) is 9.35. The number of aliphatic hydroxyl groups is 1. The maximum absolute atomic E-state index is 13.7. The van der Waals surface area contributed by atoms with Crippen LogP contribution in [0.2, 0.25) is 0 Å². The van der Waals surface area contributed by atoms with E-state index in [1.54, 1.807) is 19.1 Å². The summed E-state index contributed by atoms with van der Waals surface area (Å²) < 4.78 is 24.6. The topological polar surface area (TPSA) is 38.7 Å². The lowest BCUT2D eigenvalue weighted by Crippen LogP contribution is -2.26. The minimum absolute atomic E-state index is 0.0644. The Bertz CT molecular complexity index is 387. The van der Waals surface area contributed by atoms with E-state index < -0.39 is 11.9 Å². The molecule has 1 unspecified atom stereocenters. The van der Waals surface area contributed by atoms with Crippen LogP contribution in [0.25, 0.3) is 0 Å². The van der Waals surface area contributed by atoms with Gasteiger partial charge in [-0.1, -0.05) is 6.07 Å². The van der Waals surface area contributed by atoms with Crippen molar-refractivity contribution in [1.29, 1.82) is 0 Å². The lowest BCUT2D eigenvalue weighted by molar-refractivity contribution is -0.0117. The fourth-order valence-electron chi connectivity index (χ4n) is 2.02. The predicted octanol–water partition coefficient (Wildman–Crippen LogP) is 2.83. The molecule has 1 aromatic carbocycles. The van der Waals surface area contributed by atoms with E-state index in [1.165, 1.54) is 6.07 Å². The molecule has 2 atom stereocenters. The summed E-state index contributed by atoms with van der Waals surface area (Å²) in [6, 6.07) is 4.53. The number of benzene rings is 1. The number of aliphatic hydroxyl groups excluding tert-OH is 1. The Kier molecular flexibility index (Phi) is 4.55. The molecule has 2 rings (SSSR count). The van der Waals surface area contributed by atoms with Gasteiger partial charge < -0.3 is 14.6 Å². The molecular weight excluding hydrogens is 235 g/mol. The smallest absolute Gasteiger partial charge is 0.165 e. The first-order valence-corrected chi connectivity index (χ1v) is 6.38. The van der Waals surface area contributed by atoms with Crippen LogP contribution in [0.5, 0.6) is 5.75 Å². The Morgan fingerprint density at radius 2 is 2.33 bits per heavy atom. The van der Waals surface area contributed by atoms with Gasteiger partial charge in [0, 0.05) is 6.61 Å². The van der Waals surface area contributed by atoms with E-state index in [0.29, 0.717) is 12.2 Å². The fourth-order valence-corrected chi connectivity index (χ4v) is 2.02. The van der Waals surface area contributed by atoms with Crippen molar-refractivity contribution >= 4 is 0 Å². The molecule has 0 aliphatic carbocycles. The summed E-state index contributed by atoms with van der Waals surface area (Å²) in [5.74, 6) is -0.224. The van der Waals surface area contributed by atoms with Gasteiger partial charge in [-0.3, -0.25) is 0 Å². The van der Waals surface area contributed by atoms with Crippen molar-refractivity contribution < 1.29 is 19.0 Å². The summed E-state index contributed by atoms with van der Waals surface area (Å²) >= 11 is 0. The van der Waals surface area contributed by atoms with Crippen LogP contribution in [0.3, 0.4) is 0 Å². The van der Waals surface area contributed by atoms with Gasteiger partial charge in [0.25, 0.3) is 0 Å². The first-order valence-electron chi connectivity index (χ1n) is 6.38. The number of hydrogen-bond acceptors (Lipinski definition) is 3. The molecule has 1 fully saturated rings. The van der Waals surface area contributed by atoms with E-state index in [2.05, 4.69) is 0 Å². The van der Waals surface area contributed by atoms with Crippen LogP contribution in [0.15, 0.2) is 18.2 Å². The Morgan fingerprint density at radius 1 is 1.50 bits per heavy atom. The van der Waals surface area contributed by atoms with Crippen molar-refractivity contribution in [3.8, 4) is 5.75 Å². The average Bonchev–Trinajstić information content (AvgIpc) is 2.38. The molecule has 1 aromatic rings. The quantitative estimate of drug-likeness (QED) is 0.898. The van der Waals surface area contributed by atoms with Crippen molar-refractivity contribution in [1.82, 2.24) is 0 Å². The molecule has 3 nitrogen and oxygen atoms in total. The molecule has 0 saturated carbocycles. The lowest BCUT2D eigenvalue weighted by atomic mass is 10.1. The van der Waals surface area contributed by atoms with Crippen LogP contribution in [0, 0.1) is 5.82 Å². The van der Waals surface area contributed by atoms with Crippen LogP contribution in [-0.4, -0.2) is 24.4 Å². The molecule has 0 bridgehead atoms. The normalized spacial score (nSPS) is 21.6. The summed E-state index contributed by atoms with van der Waals surface area (Å²) in [6.07, 6.45) is 2.59. The largest absolute Gasteiger partial charge is 0.488 e. The SMILES string of the molecule is C[C@H](O)c1ccc(OCC2CCCCO2)c(F)c1. The Morgan fingerprint density at radius 3 is 2.94 bits per heavy atom. The Labute approximate surface area is 107 Å². The molecule has 0 radical (unpaired) electrons. The monoisotopic (exact) mass is 254 g/mol. The van der Waals surface area contributed by atoms with Gasteiger partial charge in [0.05, 0.1) is 12.2 Å². The van der Waals surface area contributed by atoms with Crippen LogP contribution in [0.4, 0.5) is 4.39 Å². The summed E-state index contributed by atoms with van der Waals surface area (Å²) in [4.78, 5) is 0. The van der Waals surface area contributed by atoms with Crippen molar-refractivity contribution in [2.75, 3.05) is 13.2 Å². The highest BCUT2D eigenvalue weighted by molar-refractivity contribution is 5.30. The second kappa shape index (κ2) is 6.16. The number of ether oxygens (including phenoxy) is 2. The highest BCUT2D eigenvalue weighted by Crippen LogP contribution is 2.23. The molecule has 4 heteroatoms. The highest BCUT2D eigenvalue weighted by atomic mass is 19.1. The molecule has 100 valence electrons. The first kappa shape index (κ1) is 13.3. The van der Waals surface area contributed by atoms with E-state index in [1.807, 2.05) is 0 Å². The van der Waals surface area contributed by atoms with Gasteiger partial charge in [-0.25, -0.2) is 4.39 Å². The molecule has 1 heterocycles. The third kappa shape index (κ3) is 3.43. The summed E-state index contributed by atoms with van der Waals surface area (Å²) in [7, 11) is 0. The zero-order chi connectivity index (χ0) is 13.0. The molecule has 1 aliphatic rings. The Hall–Kier alpha value is -1.13. The van der Waals surface area contributed by atoms with Crippen LogP contribution in [-0.2, 0) is 4.74 Å². The fraction of sp³-hybridized carbons (Fsp3) is 0.571. The van der Waals surface area contributed by atoms with Crippen LogP contribution >= 0.6 is 0 Å². The van der Waals surface area contributed by atoms with E-state index in [9.17, 15) is 9.50 Å². The minimum Gasteiger partial charge on any atom is -0.488 e. The van der Waals surface area contributed by atoms with Gasteiger partial charge >= 0.3 is 0 Å². The molecule has 0 aromatic heterocycles. The predicted molar refractivity (Wildman–Crippen MR) is 66.1 cm³/mol. The van der Waals surface area contributed by atoms with Crippen LogP contribution < -0.4 is 4.74 Å². The summed E-state index contributed by atoms with van der Waals surface area (Å²) in [5.41, 5.74) is 0.550. The van der Waals surface area contributed by atoms with Crippen molar-refractivity contribution in [2.45, 2.75) is 38.4 Å². The van der Waals surface area contributed by atoms with Gasteiger partial charge in [0.1, 0.15) is 6.61 Å². The zero-order valence-electron chi connectivity index (χ0n) is 10.6. The first-order chi connectivity index (χ1) is 8.66. The lowest BCUT2D eigenvalue weighted by Gasteiger charge is -2.22. The Balaban J connectivity index is 1.92. The maximum Gasteiger partial charge on any atom is 0.165 e. The molecule has 1 N–H and O–H groups in total. The number of hydrogen-bond donors (Lipinski definition) is 1. The van der Waals surface area contributed by atoms with E-state index in [-0.39, 0.29) is 11.9 Å². The number of rotatable bonds is 4. The van der Waals surface area contributed by atoms with Crippen molar-refractivity contribution in [3.63, 3.8) is 0 Å². The van der Waals surface area contributed by atoms with E-state index in [4.69, 9.17) is 9.47 Å². The molecule has 18 heavy (non-hydrogen) atoms. The second-order valence-corrected chi connectivity index (χ2v) is 4.67. The minimum atomic E-state index is -0.671. The standard InChI is InChI=1S/C14H19FO3/c1-10(16)11-5-6-14(13(15)8-11)18-9-12-4-2-3-7-17-12/h5-6,8,10,12,16H,2-4,7,9H2,1H3/t10-,12?/m0/s1. The number of halogens is 1. The maximum atomic E-state index is 13.7. The summed E-state index contributed by atoms with van der Waals surface area (Å²) in [6.45, 7) is 2.74. The third-order valence-electron chi connectivity index (χ3n) is 3.14. The van der Waals surface area contributed by atoms with E-state index >= 15 is 0 Å². The van der Waals surface area contributed by atoms with Crippen molar-refractivity contribution in [3.05, 3.63) is 29.6 Å². The molecule has 0 spiro atoms. The van der Waals surface area contributed by atoms with Crippen molar-refractivity contribution in [2.24, 2.45) is 0 Å².